The fourth-order valence-electron chi connectivity index (χ4n) is 1.39. The van der Waals surface area contributed by atoms with E-state index in [2.05, 4.69) is 29.0 Å². The normalized spacial score (nSPS) is 10.1. The van der Waals surface area contributed by atoms with Crippen molar-refractivity contribution in [2.75, 3.05) is 0 Å². The van der Waals surface area contributed by atoms with Gasteiger partial charge in [0.1, 0.15) is 17.5 Å². The molecule has 90 valence electrons. The Balaban J connectivity index is 2.07. The van der Waals surface area contributed by atoms with Gasteiger partial charge in [-0.05, 0) is 19.1 Å². The van der Waals surface area contributed by atoms with E-state index < -0.39 is 0 Å². The average molecular weight is 276 g/mol. The molecule has 0 amide bonds. The second-order valence-corrected chi connectivity index (χ2v) is 5.11. The monoisotopic (exact) mass is 275 g/mol. The van der Waals surface area contributed by atoms with Crippen molar-refractivity contribution in [2.45, 2.75) is 17.6 Å². The summed E-state index contributed by atoms with van der Waals surface area (Å²) in [6, 6.07) is 10.2. The molecule has 0 saturated heterocycles. The first-order chi connectivity index (χ1) is 8.69. The van der Waals surface area contributed by atoms with E-state index in [0.717, 1.165) is 0 Å². The zero-order valence-corrected chi connectivity index (χ0v) is 11.3. The van der Waals surface area contributed by atoms with E-state index in [9.17, 15) is 0 Å². The van der Waals surface area contributed by atoms with Crippen LogP contribution in [0.25, 0.3) is 0 Å². The lowest BCUT2D eigenvalue weighted by molar-refractivity contribution is 1.03. The van der Waals surface area contributed by atoms with Crippen LogP contribution in [0.5, 0.6) is 0 Å². The molecule has 1 aromatic carbocycles. The van der Waals surface area contributed by atoms with Crippen molar-refractivity contribution >= 4 is 23.4 Å². The summed E-state index contributed by atoms with van der Waals surface area (Å²) in [5.41, 5.74) is 1.53. The largest absolute Gasteiger partial charge is 0.239 e. The lowest BCUT2D eigenvalue weighted by atomic mass is 10.2. The maximum atomic E-state index is 8.73. The topological polar surface area (TPSA) is 49.6 Å². The van der Waals surface area contributed by atoms with E-state index in [1.54, 1.807) is 11.8 Å². The Morgan fingerprint density at radius 3 is 2.94 bits per heavy atom. The van der Waals surface area contributed by atoms with Crippen LogP contribution in [-0.2, 0) is 5.75 Å². The highest BCUT2D eigenvalue weighted by Gasteiger charge is 2.05. The molecule has 1 heterocycles. The summed E-state index contributed by atoms with van der Waals surface area (Å²) in [5.74, 6) is 1.26. The first-order valence-corrected chi connectivity index (χ1v) is 6.66. The highest BCUT2D eigenvalue weighted by atomic mass is 35.5. The molecule has 0 fully saturated rings. The van der Waals surface area contributed by atoms with E-state index in [-0.39, 0.29) is 5.15 Å². The van der Waals surface area contributed by atoms with Crippen molar-refractivity contribution in [3.8, 4) is 6.07 Å². The summed E-state index contributed by atoms with van der Waals surface area (Å²) in [5, 5.41) is 8.94. The van der Waals surface area contributed by atoms with Crippen molar-refractivity contribution in [1.29, 1.82) is 5.26 Å². The molecule has 2 rings (SSSR count). The molecule has 0 aliphatic rings. The third kappa shape index (κ3) is 3.22. The van der Waals surface area contributed by atoms with Gasteiger partial charge < -0.3 is 0 Å². The lowest BCUT2D eigenvalue weighted by Crippen LogP contribution is -1.95. The Hall–Kier alpha value is -1.57. The molecule has 0 spiro atoms. The number of hydrogen-bond donors (Lipinski definition) is 0. The number of hydrogen-bond acceptors (Lipinski definition) is 4. The van der Waals surface area contributed by atoms with E-state index in [0.29, 0.717) is 17.1 Å². The van der Waals surface area contributed by atoms with E-state index in [1.165, 1.54) is 16.7 Å². The van der Waals surface area contributed by atoms with Crippen LogP contribution in [0.1, 0.15) is 17.0 Å². The molecule has 1 aromatic heterocycles. The Bertz CT molecular complexity index is 607. The predicted molar refractivity (Wildman–Crippen MR) is 72.5 cm³/mol. The molecular formula is C13H10ClN3S. The van der Waals surface area contributed by atoms with Gasteiger partial charge in [-0.2, -0.15) is 5.26 Å². The summed E-state index contributed by atoms with van der Waals surface area (Å²) >= 11 is 7.50. The van der Waals surface area contributed by atoms with Crippen LogP contribution < -0.4 is 0 Å². The molecule has 0 unspecified atom stereocenters. The summed E-state index contributed by atoms with van der Waals surface area (Å²) < 4.78 is 0. The zero-order valence-electron chi connectivity index (χ0n) is 9.72. The standard InChI is InChI=1S/C13H10ClN3S/c1-9-3-2-4-11(5-9)18-8-12-16-7-10(6-15)13(14)17-12/h2-5,7H,8H2,1H3. The highest BCUT2D eigenvalue weighted by Crippen LogP contribution is 2.22. The number of aromatic nitrogens is 2. The second-order valence-electron chi connectivity index (χ2n) is 3.71. The molecular weight excluding hydrogens is 266 g/mol. The van der Waals surface area contributed by atoms with Crippen LogP contribution in [0.3, 0.4) is 0 Å². The number of aryl methyl sites for hydroxylation is 1. The van der Waals surface area contributed by atoms with E-state index in [4.69, 9.17) is 16.9 Å². The quantitative estimate of drug-likeness (QED) is 0.634. The molecule has 18 heavy (non-hydrogen) atoms. The Morgan fingerprint density at radius 2 is 2.28 bits per heavy atom. The SMILES string of the molecule is Cc1cccc(SCc2ncc(C#N)c(Cl)n2)c1. The Kier molecular flexibility index (Phi) is 4.19. The van der Waals surface area contributed by atoms with Gasteiger partial charge in [0.25, 0.3) is 0 Å². The number of nitrogens with zero attached hydrogens (tertiary/aromatic N) is 3. The Labute approximate surface area is 115 Å². The molecule has 0 radical (unpaired) electrons. The molecule has 0 aliphatic heterocycles. The third-order valence-electron chi connectivity index (χ3n) is 2.27. The van der Waals surface area contributed by atoms with Gasteiger partial charge >= 0.3 is 0 Å². The molecule has 0 aliphatic carbocycles. The van der Waals surface area contributed by atoms with Crippen LogP contribution in [0.2, 0.25) is 5.15 Å². The maximum absolute atomic E-state index is 8.73. The predicted octanol–water partition coefficient (Wildman–Crippen LogP) is 3.60. The fraction of sp³-hybridized carbons (Fsp3) is 0.154. The van der Waals surface area contributed by atoms with E-state index in [1.807, 2.05) is 18.2 Å². The minimum absolute atomic E-state index is 0.215. The second kappa shape index (κ2) is 5.85. The highest BCUT2D eigenvalue weighted by molar-refractivity contribution is 7.98. The molecule has 2 aromatic rings. The maximum Gasteiger partial charge on any atom is 0.150 e. The van der Waals surface area contributed by atoms with Crippen molar-refractivity contribution in [2.24, 2.45) is 0 Å². The van der Waals surface area contributed by atoms with Crippen LogP contribution >= 0.6 is 23.4 Å². The lowest BCUT2D eigenvalue weighted by Gasteiger charge is -2.02. The van der Waals surface area contributed by atoms with Crippen molar-refractivity contribution < 1.29 is 0 Å². The number of rotatable bonds is 3. The molecule has 5 heteroatoms. The summed E-state index contributed by atoms with van der Waals surface area (Å²) in [7, 11) is 0. The van der Waals surface area contributed by atoms with Crippen LogP contribution in [0, 0.1) is 18.3 Å². The van der Waals surface area contributed by atoms with Crippen molar-refractivity contribution in [3.63, 3.8) is 0 Å². The molecule has 0 N–H and O–H groups in total. The summed E-state index contributed by atoms with van der Waals surface area (Å²) in [4.78, 5) is 9.37. The minimum atomic E-state index is 0.215. The van der Waals surface area contributed by atoms with Crippen LogP contribution in [-0.4, -0.2) is 9.97 Å². The molecule has 3 nitrogen and oxygen atoms in total. The van der Waals surface area contributed by atoms with Crippen molar-refractivity contribution in [3.05, 3.63) is 52.6 Å². The van der Waals surface area contributed by atoms with Gasteiger partial charge in [-0.1, -0.05) is 29.3 Å². The summed E-state index contributed by atoms with van der Waals surface area (Å²) in [6.45, 7) is 2.05. The van der Waals surface area contributed by atoms with Crippen molar-refractivity contribution in [1.82, 2.24) is 9.97 Å². The van der Waals surface area contributed by atoms with Gasteiger partial charge in [-0.3, -0.25) is 0 Å². The van der Waals surface area contributed by atoms with Crippen LogP contribution in [0.15, 0.2) is 35.4 Å². The van der Waals surface area contributed by atoms with E-state index >= 15 is 0 Å². The van der Waals surface area contributed by atoms with Crippen LogP contribution in [0.4, 0.5) is 0 Å². The van der Waals surface area contributed by atoms with Gasteiger partial charge in [-0.15, -0.1) is 11.8 Å². The van der Waals surface area contributed by atoms with Gasteiger partial charge in [0.2, 0.25) is 0 Å². The third-order valence-corrected chi connectivity index (χ3v) is 3.55. The number of thioether (sulfide) groups is 1. The van der Waals surface area contributed by atoms with Gasteiger partial charge in [-0.25, -0.2) is 9.97 Å². The number of nitriles is 1. The van der Waals surface area contributed by atoms with Gasteiger partial charge in [0.15, 0.2) is 5.15 Å². The Morgan fingerprint density at radius 1 is 1.44 bits per heavy atom. The first-order valence-electron chi connectivity index (χ1n) is 5.30. The first kappa shape index (κ1) is 12.9. The number of halogens is 1. The minimum Gasteiger partial charge on any atom is -0.239 e. The molecule has 0 atom stereocenters. The molecule has 0 bridgehead atoms. The van der Waals surface area contributed by atoms with Gasteiger partial charge in [0.05, 0.1) is 5.75 Å². The smallest absolute Gasteiger partial charge is 0.150 e. The molecule has 0 saturated carbocycles. The zero-order chi connectivity index (χ0) is 13.0. The summed E-state index contributed by atoms with van der Waals surface area (Å²) in [6.07, 6.45) is 1.46. The fourth-order valence-corrected chi connectivity index (χ4v) is 2.46. The average Bonchev–Trinajstić information content (AvgIpc) is 2.37. The number of benzene rings is 1. The van der Waals surface area contributed by atoms with Gasteiger partial charge in [0, 0.05) is 11.1 Å².